The molecule has 0 heterocycles. The van der Waals surface area contributed by atoms with Gasteiger partial charge in [-0.3, -0.25) is 5.32 Å². The van der Waals surface area contributed by atoms with Gasteiger partial charge in [0.25, 0.3) is 0 Å². The monoisotopic (exact) mass is 214 g/mol. The van der Waals surface area contributed by atoms with Gasteiger partial charge in [-0.2, -0.15) is 0 Å². The highest BCUT2D eigenvalue weighted by atomic mass is 16.5. The first kappa shape index (κ1) is 12.9. The Kier molecular flexibility index (Phi) is 6.36. The van der Waals surface area contributed by atoms with Crippen molar-refractivity contribution in [3.05, 3.63) is 12.7 Å². The Labute approximate surface area is 87.6 Å². The van der Waals surface area contributed by atoms with Gasteiger partial charge in [0.05, 0.1) is 7.11 Å². The molecule has 0 spiro atoms. The number of amidine groups is 1. The molecule has 0 aromatic carbocycles. The fourth-order valence-electron chi connectivity index (χ4n) is 0.579. The smallest absolute Gasteiger partial charge is 0.345 e. The van der Waals surface area contributed by atoms with Crippen molar-refractivity contribution < 1.29 is 14.3 Å². The third-order valence-corrected chi connectivity index (χ3v) is 1.24. The maximum atomic E-state index is 11.1. The minimum Gasteiger partial charge on any atom is -0.468 e. The number of ether oxygens (including phenoxy) is 1. The fraction of sp³-hybridized carbons (Fsp3) is 0.375. The summed E-state index contributed by atoms with van der Waals surface area (Å²) in [4.78, 5) is 25.3. The number of hydrogen-bond donors (Lipinski definition) is 3. The van der Waals surface area contributed by atoms with Crippen molar-refractivity contribution >= 4 is 18.1 Å². The minimum atomic E-state index is -0.615. The van der Waals surface area contributed by atoms with Crippen molar-refractivity contribution in [2.45, 2.75) is 0 Å². The first-order chi connectivity index (χ1) is 7.13. The molecular formula is C8H14N4O3. The molecule has 0 saturated carbocycles. The van der Waals surface area contributed by atoms with Gasteiger partial charge in [-0.15, -0.1) is 11.6 Å². The van der Waals surface area contributed by atoms with Crippen LogP contribution in [0.5, 0.6) is 0 Å². The number of amides is 4. The van der Waals surface area contributed by atoms with Crippen LogP contribution in [0.4, 0.5) is 9.59 Å². The van der Waals surface area contributed by atoms with Gasteiger partial charge in [0.15, 0.2) is 0 Å². The van der Waals surface area contributed by atoms with E-state index in [0.717, 1.165) is 0 Å². The number of nitrogens with one attached hydrogen (secondary N) is 3. The van der Waals surface area contributed by atoms with Gasteiger partial charge in [0, 0.05) is 13.6 Å². The van der Waals surface area contributed by atoms with E-state index in [1.54, 1.807) is 0 Å². The average molecular weight is 214 g/mol. The Morgan fingerprint density at radius 2 is 2.20 bits per heavy atom. The first-order valence-electron chi connectivity index (χ1n) is 4.14. The largest absolute Gasteiger partial charge is 0.468 e. The second-order valence-electron chi connectivity index (χ2n) is 2.30. The third kappa shape index (κ3) is 6.08. The lowest BCUT2D eigenvalue weighted by Gasteiger charge is -2.06. The van der Waals surface area contributed by atoms with Gasteiger partial charge < -0.3 is 15.4 Å². The average Bonchev–Trinajstić information content (AvgIpc) is 2.25. The molecule has 0 aliphatic rings. The predicted octanol–water partition coefficient (Wildman–Crippen LogP) is -0.187. The molecule has 84 valence electrons. The van der Waals surface area contributed by atoms with E-state index in [1.165, 1.54) is 20.2 Å². The lowest BCUT2D eigenvalue weighted by molar-refractivity contribution is 0.242. The molecule has 0 fully saturated rings. The molecule has 15 heavy (non-hydrogen) atoms. The summed E-state index contributed by atoms with van der Waals surface area (Å²) >= 11 is 0. The van der Waals surface area contributed by atoms with Gasteiger partial charge in [0.1, 0.15) is 0 Å². The Hall–Kier alpha value is -2.05. The van der Waals surface area contributed by atoms with Crippen molar-refractivity contribution in [2.75, 3.05) is 20.7 Å². The Bertz CT molecular complexity index is 275. The van der Waals surface area contributed by atoms with Crippen LogP contribution in [0, 0.1) is 0 Å². The van der Waals surface area contributed by atoms with E-state index in [4.69, 9.17) is 0 Å². The van der Waals surface area contributed by atoms with Gasteiger partial charge >= 0.3 is 18.1 Å². The molecule has 0 aromatic rings. The van der Waals surface area contributed by atoms with Crippen LogP contribution in [0.3, 0.4) is 0 Å². The zero-order valence-electron chi connectivity index (χ0n) is 8.66. The van der Waals surface area contributed by atoms with E-state index in [-0.39, 0.29) is 6.02 Å². The molecule has 7 nitrogen and oxygen atoms in total. The number of carbonyl (C=O) groups excluding carboxylic acids is 2. The maximum absolute atomic E-state index is 11.1. The quantitative estimate of drug-likeness (QED) is 0.338. The fourth-order valence-corrected chi connectivity index (χ4v) is 0.579. The highest BCUT2D eigenvalue weighted by Crippen LogP contribution is 1.79. The number of carbonyl (C=O) groups is 2. The summed E-state index contributed by atoms with van der Waals surface area (Å²) in [5.74, 6) is 0. The van der Waals surface area contributed by atoms with Gasteiger partial charge in [0.2, 0.25) is 0 Å². The summed E-state index contributed by atoms with van der Waals surface area (Å²) in [5.41, 5.74) is 0. The van der Waals surface area contributed by atoms with Crippen LogP contribution in [0.1, 0.15) is 0 Å². The van der Waals surface area contributed by atoms with E-state index in [0.29, 0.717) is 6.54 Å². The van der Waals surface area contributed by atoms with Crippen molar-refractivity contribution in [3.8, 4) is 0 Å². The number of methoxy groups -OCH3 is 1. The zero-order valence-corrected chi connectivity index (χ0v) is 8.66. The predicted molar refractivity (Wildman–Crippen MR) is 55.6 cm³/mol. The summed E-state index contributed by atoms with van der Waals surface area (Å²) in [6.45, 7) is 3.73. The molecule has 0 saturated heterocycles. The standard InChI is InChI=1S/C8H14N4O3/c1-4-5-10-7(14)12-8(15-3)11-6(13)9-2/h4H,1,5H2,2-3H3,(H3,9,10,11,12,13,14). The molecule has 4 amide bonds. The highest BCUT2D eigenvalue weighted by Gasteiger charge is 2.06. The van der Waals surface area contributed by atoms with Gasteiger partial charge in [-0.1, -0.05) is 6.08 Å². The SMILES string of the molecule is C=CCNC(=O)NC(=NC(=O)NC)OC. The van der Waals surface area contributed by atoms with Crippen LogP contribution in [0.25, 0.3) is 0 Å². The lowest BCUT2D eigenvalue weighted by Crippen LogP contribution is -2.41. The molecule has 0 rings (SSSR count). The summed E-state index contributed by atoms with van der Waals surface area (Å²) in [7, 11) is 2.70. The second kappa shape index (κ2) is 7.36. The summed E-state index contributed by atoms with van der Waals surface area (Å²) in [6.07, 6.45) is 1.52. The van der Waals surface area contributed by atoms with Crippen molar-refractivity contribution in [1.82, 2.24) is 16.0 Å². The summed E-state index contributed by atoms with van der Waals surface area (Å²) in [5, 5.41) is 6.92. The molecule has 0 aliphatic carbocycles. The summed E-state index contributed by atoms with van der Waals surface area (Å²) < 4.78 is 4.66. The molecule has 0 atom stereocenters. The highest BCUT2D eigenvalue weighted by molar-refractivity contribution is 5.98. The van der Waals surface area contributed by atoms with Crippen molar-refractivity contribution in [2.24, 2.45) is 4.99 Å². The molecule has 0 radical (unpaired) electrons. The van der Waals surface area contributed by atoms with E-state index in [1.807, 2.05) is 0 Å². The maximum Gasteiger partial charge on any atom is 0.345 e. The number of nitrogens with zero attached hydrogens (tertiary/aromatic N) is 1. The lowest BCUT2D eigenvalue weighted by atomic mass is 10.6. The van der Waals surface area contributed by atoms with E-state index in [2.05, 4.69) is 32.3 Å². The van der Waals surface area contributed by atoms with E-state index >= 15 is 0 Å². The van der Waals surface area contributed by atoms with Crippen LogP contribution in [-0.2, 0) is 4.74 Å². The minimum absolute atomic E-state index is 0.184. The number of urea groups is 2. The van der Waals surface area contributed by atoms with Crippen LogP contribution in [-0.4, -0.2) is 38.8 Å². The van der Waals surface area contributed by atoms with E-state index < -0.39 is 12.1 Å². The second-order valence-corrected chi connectivity index (χ2v) is 2.30. The molecule has 0 unspecified atom stereocenters. The van der Waals surface area contributed by atoms with Gasteiger partial charge in [-0.25, -0.2) is 9.59 Å². The van der Waals surface area contributed by atoms with E-state index in [9.17, 15) is 9.59 Å². The van der Waals surface area contributed by atoms with Crippen LogP contribution >= 0.6 is 0 Å². The zero-order chi connectivity index (χ0) is 11.7. The molecule has 0 aromatic heterocycles. The Morgan fingerprint density at radius 1 is 1.53 bits per heavy atom. The molecule has 0 aliphatic heterocycles. The molecule has 0 bridgehead atoms. The Morgan fingerprint density at radius 3 is 2.67 bits per heavy atom. The summed E-state index contributed by atoms with van der Waals surface area (Å²) in [6, 6.07) is -1.33. The molecular weight excluding hydrogens is 200 g/mol. The van der Waals surface area contributed by atoms with Crippen LogP contribution in [0.15, 0.2) is 17.6 Å². The number of aliphatic imine (C=N–C) groups is 1. The number of hydrogen-bond acceptors (Lipinski definition) is 3. The molecule has 3 N–H and O–H groups in total. The van der Waals surface area contributed by atoms with Crippen molar-refractivity contribution in [1.29, 1.82) is 0 Å². The normalized spacial score (nSPS) is 10.1. The number of rotatable bonds is 2. The topological polar surface area (TPSA) is 91.8 Å². The van der Waals surface area contributed by atoms with Crippen LogP contribution < -0.4 is 16.0 Å². The third-order valence-electron chi connectivity index (χ3n) is 1.24. The van der Waals surface area contributed by atoms with Crippen LogP contribution in [0.2, 0.25) is 0 Å². The van der Waals surface area contributed by atoms with Gasteiger partial charge in [-0.05, 0) is 0 Å². The van der Waals surface area contributed by atoms with Crippen molar-refractivity contribution in [3.63, 3.8) is 0 Å². The Balaban J connectivity index is 4.20. The first-order valence-corrected chi connectivity index (χ1v) is 4.14. The molecule has 7 heteroatoms.